The molecule has 0 spiro atoms. The summed E-state index contributed by atoms with van der Waals surface area (Å²) in [5.74, 6) is -1.75. The highest BCUT2D eigenvalue weighted by Gasteiger charge is 2.35. The molecule has 0 amide bonds. The van der Waals surface area contributed by atoms with E-state index in [0.29, 0.717) is 16.9 Å². The van der Waals surface area contributed by atoms with Crippen molar-refractivity contribution in [3.63, 3.8) is 0 Å². The minimum absolute atomic E-state index is 0.171. The van der Waals surface area contributed by atoms with Crippen LogP contribution in [0.4, 0.5) is 0 Å². The highest BCUT2D eigenvalue weighted by Crippen LogP contribution is 2.30. The smallest absolute Gasteiger partial charge is 0.356 e. The predicted octanol–water partition coefficient (Wildman–Crippen LogP) is 1.93. The lowest BCUT2D eigenvalue weighted by Gasteiger charge is -2.29. The molecule has 0 radical (unpaired) electrons. The maximum atomic E-state index is 12.5. The van der Waals surface area contributed by atoms with Gasteiger partial charge in [-0.15, -0.1) is 0 Å². The van der Waals surface area contributed by atoms with Gasteiger partial charge in [-0.25, -0.2) is 14.3 Å². The molecule has 8 nitrogen and oxygen atoms in total. The molecule has 2 aromatic rings. The van der Waals surface area contributed by atoms with E-state index in [-0.39, 0.29) is 23.0 Å². The standard InChI is InChI=1S/C18H18N4O4S/c1-3-26-17(25)13-10(2)19-18(27)20-14(13)12-9-22(21-15(12)16(23)24)11-7-5-4-6-8-11/h4-9,14H,3H2,1-2H3,(H,23,24)(H2,19,20,27)/t14-/m1/s1. The van der Waals surface area contributed by atoms with E-state index in [2.05, 4.69) is 15.7 Å². The summed E-state index contributed by atoms with van der Waals surface area (Å²) >= 11 is 5.19. The zero-order chi connectivity index (χ0) is 19.6. The number of nitrogens with zero attached hydrogens (tertiary/aromatic N) is 2. The molecule has 1 atom stereocenters. The molecule has 1 aromatic heterocycles. The van der Waals surface area contributed by atoms with Gasteiger partial charge in [-0.2, -0.15) is 5.10 Å². The lowest BCUT2D eigenvalue weighted by molar-refractivity contribution is -0.139. The first kappa shape index (κ1) is 18.6. The molecule has 0 fully saturated rings. The Morgan fingerprint density at radius 1 is 1.33 bits per heavy atom. The van der Waals surface area contributed by atoms with Crippen LogP contribution in [0.25, 0.3) is 5.69 Å². The number of aromatic nitrogens is 2. The Balaban J connectivity index is 2.14. The molecule has 2 heterocycles. The van der Waals surface area contributed by atoms with E-state index in [1.165, 1.54) is 4.68 Å². The first-order chi connectivity index (χ1) is 12.9. The number of thiocarbonyl (C=S) groups is 1. The highest BCUT2D eigenvalue weighted by molar-refractivity contribution is 7.80. The third-order valence-corrected chi connectivity index (χ3v) is 4.26. The van der Waals surface area contributed by atoms with E-state index in [9.17, 15) is 14.7 Å². The van der Waals surface area contributed by atoms with Crippen LogP contribution in [-0.4, -0.2) is 38.5 Å². The van der Waals surface area contributed by atoms with Crippen LogP contribution in [0, 0.1) is 0 Å². The molecule has 0 unspecified atom stereocenters. The molecular weight excluding hydrogens is 368 g/mol. The maximum absolute atomic E-state index is 12.5. The Labute approximate surface area is 160 Å². The van der Waals surface area contributed by atoms with Crippen molar-refractivity contribution in [3.05, 3.63) is 59.1 Å². The Bertz CT molecular complexity index is 936. The van der Waals surface area contributed by atoms with Gasteiger partial charge in [0.25, 0.3) is 0 Å². The van der Waals surface area contributed by atoms with Crippen molar-refractivity contribution in [2.24, 2.45) is 0 Å². The molecule has 0 aliphatic carbocycles. The fourth-order valence-corrected chi connectivity index (χ4v) is 3.16. The first-order valence-corrected chi connectivity index (χ1v) is 8.66. The Morgan fingerprint density at radius 3 is 2.67 bits per heavy atom. The number of benzene rings is 1. The summed E-state index contributed by atoms with van der Waals surface area (Å²) in [5.41, 5.74) is 1.61. The lowest BCUT2D eigenvalue weighted by Crippen LogP contribution is -2.45. The van der Waals surface area contributed by atoms with Crippen molar-refractivity contribution < 1.29 is 19.4 Å². The van der Waals surface area contributed by atoms with Crippen LogP contribution in [0.2, 0.25) is 0 Å². The van der Waals surface area contributed by atoms with Crippen molar-refractivity contribution in [1.82, 2.24) is 20.4 Å². The molecule has 9 heteroatoms. The minimum Gasteiger partial charge on any atom is -0.476 e. The molecule has 1 aliphatic heterocycles. The van der Waals surface area contributed by atoms with Gasteiger partial charge in [0.1, 0.15) is 0 Å². The van der Waals surface area contributed by atoms with Crippen LogP contribution in [0.1, 0.15) is 35.9 Å². The molecule has 1 aliphatic rings. The van der Waals surface area contributed by atoms with Gasteiger partial charge in [0, 0.05) is 17.5 Å². The molecule has 3 N–H and O–H groups in total. The third-order valence-electron chi connectivity index (χ3n) is 4.04. The Hall–Kier alpha value is -3.20. The zero-order valence-corrected chi connectivity index (χ0v) is 15.5. The second-order valence-electron chi connectivity index (χ2n) is 5.81. The molecule has 1 aromatic carbocycles. The van der Waals surface area contributed by atoms with E-state index in [1.807, 2.05) is 18.2 Å². The quantitative estimate of drug-likeness (QED) is 0.529. The van der Waals surface area contributed by atoms with Gasteiger partial charge < -0.3 is 20.5 Å². The summed E-state index contributed by atoms with van der Waals surface area (Å²) < 4.78 is 6.60. The van der Waals surface area contributed by atoms with E-state index >= 15 is 0 Å². The van der Waals surface area contributed by atoms with Crippen molar-refractivity contribution in [1.29, 1.82) is 0 Å². The van der Waals surface area contributed by atoms with Crippen LogP contribution in [0.5, 0.6) is 0 Å². The summed E-state index contributed by atoms with van der Waals surface area (Å²) in [6.07, 6.45) is 1.58. The van der Waals surface area contributed by atoms with Gasteiger partial charge in [0.2, 0.25) is 0 Å². The molecule has 3 rings (SSSR count). The molecule has 0 saturated heterocycles. The summed E-state index contributed by atoms with van der Waals surface area (Å²) in [7, 11) is 0. The first-order valence-electron chi connectivity index (χ1n) is 8.26. The van der Waals surface area contributed by atoms with Crippen molar-refractivity contribution >= 4 is 29.3 Å². The van der Waals surface area contributed by atoms with E-state index < -0.39 is 18.0 Å². The number of allylic oxidation sites excluding steroid dienone is 1. The van der Waals surface area contributed by atoms with Gasteiger partial charge in [-0.3, -0.25) is 0 Å². The van der Waals surface area contributed by atoms with Gasteiger partial charge in [0.15, 0.2) is 10.8 Å². The number of carbonyl (C=O) groups excluding carboxylic acids is 1. The second kappa shape index (κ2) is 7.58. The number of para-hydroxylation sites is 1. The largest absolute Gasteiger partial charge is 0.476 e. The fraction of sp³-hybridized carbons (Fsp3) is 0.222. The number of nitrogens with one attached hydrogen (secondary N) is 2. The number of carboxylic acids is 1. The van der Waals surface area contributed by atoms with Crippen LogP contribution >= 0.6 is 12.2 Å². The second-order valence-corrected chi connectivity index (χ2v) is 6.22. The topological polar surface area (TPSA) is 105 Å². The molecule has 0 bridgehead atoms. The average molecular weight is 386 g/mol. The molecule has 0 saturated carbocycles. The number of aromatic carboxylic acids is 1. The van der Waals surface area contributed by atoms with Gasteiger partial charge in [-0.05, 0) is 38.2 Å². The zero-order valence-electron chi connectivity index (χ0n) is 14.7. The van der Waals surface area contributed by atoms with Crippen LogP contribution in [0.15, 0.2) is 47.8 Å². The number of hydrogen-bond donors (Lipinski definition) is 3. The number of carboxylic acid groups (broad SMARTS) is 1. The number of esters is 1. The van der Waals surface area contributed by atoms with E-state index in [0.717, 1.165) is 0 Å². The van der Waals surface area contributed by atoms with Crippen molar-refractivity contribution in [2.75, 3.05) is 6.61 Å². The normalized spacial score (nSPS) is 16.5. The average Bonchev–Trinajstić information content (AvgIpc) is 3.07. The van der Waals surface area contributed by atoms with Crippen LogP contribution in [-0.2, 0) is 9.53 Å². The summed E-state index contributed by atoms with van der Waals surface area (Å²) in [5, 5.41) is 19.9. The Kier molecular flexibility index (Phi) is 5.22. The van der Waals surface area contributed by atoms with Crippen LogP contribution in [0.3, 0.4) is 0 Å². The van der Waals surface area contributed by atoms with Gasteiger partial charge >= 0.3 is 11.9 Å². The van der Waals surface area contributed by atoms with Crippen LogP contribution < -0.4 is 10.6 Å². The van der Waals surface area contributed by atoms with E-state index in [4.69, 9.17) is 17.0 Å². The van der Waals surface area contributed by atoms with Crippen molar-refractivity contribution in [3.8, 4) is 5.69 Å². The number of carbonyl (C=O) groups is 2. The van der Waals surface area contributed by atoms with Gasteiger partial charge in [-0.1, -0.05) is 18.2 Å². The summed E-state index contributed by atoms with van der Waals surface area (Å²) in [4.78, 5) is 24.3. The molecule has 27 heavy (non-hydrogen) atoms. The lowest BCUT2D eigenvalue weighted by atomic mass is 9.96. The third kappa shape index (κ3) is 3.68. The number of ether oxygens (including phenoxy) is 1. The maximum Gasteiger partial charge on any atom is 0.356 e. The minimum atomic E-state index is -1.20. The highest BCUT2D eigenvalue weighted by atomic mass is 32.1. The van der Waals surface area contributed by atoms with Crippen molar-refractivity contribution in [2.45, 2.75) is 19.9 Å². The molecule has 140 valence electrons. The SMILES string of the molecule is CCOC(=O)C1=C(C)NC(=S)N[C@@H]1c1cn(-c2ccccc2)nc1C(=O)O. The fourth-order valence-electron chi connectivity index (χ4n) is 2.88. The predicted molar refractivity (Wildman–Crippen MR) is 101 cm³/mol. The summed E-state index contributed by atoms with van der Waals surface area (Å²) in [6.45, 7) is 3.59. The molecular formula is C18H18N4O4S. The monoisotopic (exact) mass is 386 g/mol. The summed E-state index contributed by atoms with van der Waals surface area (Å²) in [6, 6.07) is 8.31. The number of hydrogen-bond acceptors (Lipinski definition) is 5. The number of rotatable bonds is 5. The Morgan fingerprint density at radius 2 is 2.04 bits per heavy atom. The van der Waals surface area contributed by atoms with Gasteiger partial charge in [0.05, 0.1) is 23.9 Å². The van der Waals surface area contributed by atoms with E-state index in [1.54, 1.807) is 32.2 Å².